The van der Waals surface area contributed by atoms with Crippen LogP contribution < -0.4 is 10.2 Å². The second kappa shape index (κ2) is 9.50. The molecule has 1 atom stereocenters. The van der Waals surface area contributed by atoms with Crippen molar-refractivity contribution in [3.63, 3.8) is 0 Å². The zero-order chi connectivity index (χ0) is 26.4. The molecule has 1 N–H and O–H groups in total. The molecule has 1 aliphatic rings. The molecule has 2 amide bonds. The Hall–Kier alpha value is -3.53. The molecule has 5 nitrogen and oxygen atoms in total. The number of hydrogen-bond acceptors (Lipinski definition) is 3. The highest BCUT2D eigenvalue weighted by Crippen LogP contribution is 2.45. The summed E-state index contributed by atoms with van der Waals surface area (Å²) in [6, 6.07) is 8.46. The van der Waals surface area contributed by atoms with E-state index < -0.39 is 58.4 Å². The summed E-state index contributed by atoms with van der Waals surface area (Å²) in [5.74, 6) is -6.52. The molecule has 0 aromatic heterocycles. The van der Waals surface area contributed by atoms with Crippen LogP contribution in [0.25, 0.3) is 0 Å². The number of carbonyl (C=O) groups is 2. The van der Waals surface area contributed by atoms with Crippen molar-refractivity contribution in [1.29, 1.82) is 5.26 Å². The fraction of sp³-hybridized carbons (Fsp3) is 0.160. The average molecular weight is 611 g/mol. The minimum atomic E-state index is -1.62. The van der Waals surface area contributed by atoms with Gasteiger partial charge in [0.25, 0.3) is 11.8 Å². The van der Waals surface area contributed by atoms with E-state index in [0.717, 1.165) is 17.0 Å². The van der Waals surface area contributed by atoms with Crippen LogP contribution in [-0.4, -0.2) is 11.8 Å². The Morgan fingerprint density at radius 1 is 1.00 bits per heavy atom. The van der Waals surface area contributed by atoms with Crippen LogP contribution in [0.5, 0.6) is 0 Å². The Balaban J connectivity index is 1.70. The maximum Gasteiger partial charge on any atom is 0.252 e. The summed E-state index contributed by atoms with van der Waals surface area (Å²) < 4.78 is 68.8. The fourth-order valence-corrected chi connectivity index (χ4v) is 5.23. The summed E-state index contributed by atoms with van der Waals surface area (Å²) in [5, 5.41) is 12.1. The van der Waals surface area contributed by atoms with Gasteiger partial charge in [0, 0.05) is 45.0 Å². The molecule has 0 spiro atoms. The van der Waals surface area contributed by atoms with Crippen LogP contribution in [0.1, 0.15) is 34.0 Å². The van der Waals surface area contributed by atoms with E-state index in [1.165, 1.54) is 19.1 Å². The number of hydrogen-bond donors (Lipinski definition) is 1. The summed E-state index contributed by atoms with van der Waals surface area (Å²) in [6.07, 6.45) is 0. The summed E-state index contributed by atoms with van der Waals surface area (Å²) in [7, 11) is 0. The van der Waals surface area contributed by atoms with E-state index in [2.05, 4.69) is 5.32 Å². The monoisotopic (exact) mass is 611 g/mol. The van der Waals surface area contributed by atoms with Gasteiger partial charge < -0.3 is 10.2 Å². The first-order valence-electron chi connectivity index (χ1n) is 10.4. The molecule has 1 heterocycles. The highest BCUT2D eigenvalue weighted by molar-refractivity contribution is 14.1. The van der Waals surface area contributed by atoms with Gasteiger partial charge in [-0.3, -0.25) is 9.59 Å². The topological polar surface area (TPSA) is 73.2 Å². The number of nitrogens with zero attached hydrogens (tertiary/aromatic N) is 2. The molecule has 0 radical (unpaired) electrons. The van der Waals surface area contributed by atoms with E-state index in [9.17, 15) is 36.8 Å². The molecule has 0 aliphatic carbocycles. The van der Waals surface area contributed by atoms with Gasteiger partial charge in [-0.05, 0) is 59.3 Å². The van der Waals surface area contributed by atoms with Gasteiger partial charge in [0.05, 0.1) is 18.3 Å². The molecule has 3 aromatic rings. The van der Waals surface area contributed by atoms with Crippen molar-refractivity contribution in [1.82, 2.24) is 5.32 Å². The normalized spacial score (nSPS) is 16.6. The zero-order valence-electron chi connectivity index (χ0n) is 18.4. The average Bonchev–Trinajstić information content (AvgIpc) is 3.00. The molecule has 36 heavy (non-hydrogen) atoms. The van der Waals surface area contributed by atoms with E-state index in [-0.39, 0.29) is 23.4 Å². The quantitative estimate of drug-likeness (QED) is 0.317. The molecular weight excluding hydrogens is 596 g/mol. The first-order chi connectivity index (χ1) is 16.9. The van der Waals surface area contributed by atoms with Gasteiger partial charge in [0.1, 0.15) is 29.1 Å². The first-order valence-corrected chi connectivity index (χ1v) is 11.5. The lowest BCUT2D eigenvalue weighted by Gasteiger charge is -2.19. The lowest BCUT2D eigenvalue weighted by atomic mass is 9.85. The lowest BCUT2D eigenvalue weighted by Crippen LogP contribution is -2.37. The van der Waals surface area contributed by atoms with Gasteiger partial charge in [0.2, 0.25) is 0 Å². The van der Waals surface area contributed by atoms with E-state index >= 15 is 0 Å². The summed E-state index contributed by atoms with van der Waals surface area (Å²) in [4.78, 5) is 27.2. The SMILES string of the molecule is CC1(C#N)C(=O)N(Cc2cc(F)cc(F)c2)c2cc(C(=O)NCc3c(F)cc(F)cc3F)cc(I)c21. The maximum atomic E-state index is 13.9. The van der Waals surface area contributed by atoms with E-state index in [0.29, 0.717) is 27.3 Å². The van der Waals surface area contributed by atoms with Crippen molar-refractivity contribution in [2.75, 3.05) is 4.90 Å². The Kier molecular flexibility index (Phi) is 6.74. The van der Waals surface area contributed by atoms with Crippen molar-refractivity contribution < 1.29 is 31.5 Å². The number of rotatable bonds is 5. The molecule has 1 aliphatic heterocycles. The molecule has 4 rings (SSSR count). The Bertz CT molecular complexity index is 1430. The molecule has 3 aromatic carbocycles. The highest BCUT2D eigenvalue weighted by atomic mass is 127. The van der Waals surface area contributed by atoms with Gasteiger partial charge in [-0.1, -0.05) is 0 Å². The van der Waals surface area contributed by atoms with Gasteiger partial charge >= 0.3 is 0 Å². The number of benzene rings is 3. The number of carbonyl (C=O) groups excluding carboxylic acids is 2. The van der Waals surface area contributed by atoms with Crippen LogP contribution in [0.15, 0.2) is 42.5 Å². The van der Waals surface area contributed by atoms with Gasteiger partial charge in [-0.15, -0.1) is 0 Å². The predicted molar refractivity (Wildman–Crippen MR) is 127 cm³/mol. The second-order valence-electron chi connectivity index (χ2n) is 8.29. The number of anilines is 1. The van der Waals surface area contributed by atoms with Crippen molar-refractivity contribution in [3.8, 4) is 6.07 Å². The molecule has 0 saturated heterocycles. The third-order valence-electron chi connectivity index (χ3n) is 5.81. The number of amides is 2. The Labute approximate surface area is 215 Å². The fourth-order valence-electron chi connectivity index (χ4n) is 4.07. The number of nitrogens with one attached hydrogen (secondary N) is 1. The second-order valence-corrected chi connectivity index (χ2v) is 9.45. The largest absolute Gasteiger partial charge is 0.348 e. The van der Waals surface area contributed by atoms with Crippen LogP contribution in [0.3, 0.4) is 0 Å². The smallest absolute Gasteiger partial charge is 0.252 e. The zero-order valence-corrected chi connectivity index (χ0v) is 20.6. The van der Waals surface area contributed by atoms with Crippen LogP contribution in [0, 0.1) is 44.0 Å². The molecule has 0 saturated carbocycles. The van der Waals surface area contributed by atoms with Crippen LogP contribution >= 0.6 is 22.6 Å². The van der Waals surface area contributed by atoms with Crippen LogP contribution in [0.4, 0.5) is 27.6 Å². The van der Waals surface area contributed by atoms with Gasteiger partial charge in [-0.25, -0.2) is 22.0 Å². The summed E-state index contributed by atoms with van der Waals surface area (Å²) in [6.45, 7) is 0.554. The van der Waals surface area contributed by atoms with Crippen LogP contribution in [0.2, 0.25) is 0 Å². The van der Waals surface area contributed by atoms with Crippen LogP contribution in [-0.2, 0) is 23.3 Å². The lowest BCUT2D eigenvalue weighted by molar-refractivity contribution is -0.121. The number of nitriles is 1. The van der Waals surface area contributed by atoms with E-state index in [1.54, 1.807) is 0 Å². The maximum absolute atomic E-state index is 13.9. The standard InChI is InChI=1S/C25H15F5IN3O2/c1-25(11-32)22-20(31)4-13(23(35)33-9-17-18(29)7-16(28)8-19(17)30)5-21(22)34(24(25)36)10-12-2-14(26)6-15(27)3-12/h2-8H,9-10H2,1H3,(H,33,35). The molecule has 184 valence electrons. The predicted octanol–water partition coefficient (Wildman–Crippen LogP) is 5.24. The molecule has 0 fully saturated rings. The van der Waals surface area contributed by atoms with E-state index in [4.69, 9.17) is 0 Å². The third-order valence-corrected chi connectivity index (χ3v) is 6.66. The van der Waals surface area contributed by atoms with Crippen molar-refractivity contribution in [2.45, 2.75) is 25.4 Å². The first kappa shape index (κ1) is 25.6. The number of fused-ring (bicyclic) bond motifs is 1. The Morgan fingerprint density at radius 3 is 2.17 bits per heavy atom. The molecule has 1 unspecified atom stereocenters. The van der Waals surface area contributed by atoms with Gasteiger partial charge in [0.15, 0.2) is 5.41 Å². The summed E-state index contributed by atoms with van der Waals surface area (Å²) >= 11 is 1.86. The Morgan fingerprint density at radius 2 is 1.58 bits per heavy atom. The third kappa shape index (κ3) is 4.53. The van der Waals surface area contributed by atoms with Crippen molar-refractivity contribution in [2.24, 2.45) is 0 Å². The summed E-state index contributed by atoms with van der Waals surface area (Å²) in [5.41, 5.74) is -1.52. The van der Waals surface area contributed by atoms with Crippen molar-refractivity contribution >= 4 is 40.1 Å². The molecule has 0 bridgehead atoms. The molecule has 11 heteroatoms. The van der Waals surface area contributed by atoms with E-state index in [1.807, 2.05) is 28.7 Å². The minimum Gasteiger partial charge on any atom is -0.348 e. The minimum absolute atomic E-state index is 0.00601. The highest BCUT2D eigenvalue weighted by Gasteiger charge is 2.49. The number of halogens is 6. The molecular formula is C25H15F5IN3O2. The van der Waals surface area contributed by atoms with Crippen molar-refractivity contribution in [3.05, 3.63) is 97.4 Å². The van der Waals surface area contributed by atoms with Gasteiger partial charge in [-0.2, -0.15) is 5.26 Å².